The Labute approximate surface area is 146 Å². The summed E-state index contributed by atoms with van der Waals surface area (Å²) in [7, 11) is 0. The van der Waals surface area contributed by atoms with Crippen LogP contribution in [0.5, 0.6) is 0 Å². The highest BCUT2D eigenvalue weighted by Gasteiger charge is 2.26. The summed E-state index contributed by atoms with van der Waals surface area (Å²) >= 11 is 1.43. The molecule has 0 bridgehead atoms. The number of hydrogen-bond acceptors (Lipinski definition) is 5. The van der Waals surface area contributed by atoms with Gasteiger partial charge in [-0.25, -0.2) is 4.68 Å². The highest BCUT2D eigenvalue weighted by Crippen LogP contribution is 2.24. The molecule has 1 aromatic heterocycles. The van der Waals surface area contributed by atoms with Gasteiger partial charge in [0.1, 0.15) is 0 Å². The summed E-state index contributed by atoms with van der Waals surface area (Å²) in [6, 6.07) is 10.1. The fourth-order valence-corrected chi connectivity index (χ4v) is 3.70. The minimum absolute atomic E-state index is 0.182. The van der Waals surface area contributed by atoms with Gasteiger partial charge < -0.3 is 4.90 Å². The number of carbonyl (C=O) groups excluding carboxylic acids is 1. The molecule has 1 aromatic carbocycles. The van der Waals surface area contributed by atoms with Crippen LogP contribution >= 0.6 is 11.8 Å². The number of carbonyl (C=O) groups is 1. The standard InChI is InChI=1S/C17H23N5OS/c1-13-8-10-21(11-9-13)16(23)14(2)24-17-18-19-20-22(17)12-15-6-4-3-5-7-15/h3-7,13-14H,8-12H2,1-2H3/t14-/m0/s1. The summed E-state index contributed by atoms with van der Waals surface area (Å²) < 4.78 is 1.75. The summed E-state index contributed by atoms with van der Waals surface area (Å²) in [6.45, 7) is 6.52. The van der Waals surface area contributed by atoms with Crippen LogP contribution in [-0.2, 0) is 11.3 Å². The van der Waals surface area contributed by atoms with Gasteiger partial charge in [0.15, 0.2) is 0 Å². The Morgan fingerprint density at radius 2 is 2.00 bits per heavy atom. The molecule has 2 heterocycles. The van der Waals surface area contributed by atoms with E-state index < -0.39 is 0 Å². The lowest BCUT2D eigenvalue weighted by atomic mass is 9.99. The van der Waals surface area contributed by atoms with Crippen molar-refractivity contribution >= 4 is 17.7 Å². The average Bonchev–Trinajstić information content (AvgIpc) is 3.02. The summed E-state index contributed by atoms with van der Waals surface area (Å²) in [5, 5.41) is 12.4. The molecule has 2 aromatic rings. The maximum Gasteiger partial charge on any atom is 0.235 e. The van der Waals surface area contributed by atoms with E-state index in [0.717, 1.165) is 37.4 Å². The van der Waals surface area contributed by atoms with Gasteiger partial charge >= 0.3 is 0 Å². The van der Waals surface area contributed by atoms with E-state index in [-0.39, 0.29) is 11.2 Å². The maximum absolute atomic E-state index is 12.6. The van der Waals surface area contributed by atoms with Crippen LogP contribution < -0.4 is 0 Å². The molecule has 6 nitrogen and oxygen atoms in total. The van der Waals surface area contributed by atoms with Crippen LogP contribution in [-0.4, -0.2) is 49.4 Å². The smallest absolute Gasteiger partial charge is 0.235 e. The Morgan fingerprint density at radius 3 is 2.71 bits per heavy atom. The van der Waals surface area contributed by atoms with E-state index in [1.807, 2.05) is 42.2 Å². The third-order valence-electron chi connectivity index (χ3n) is 4.40. The highest BCUT2D eigenvalue weighted by atomic mass is 32.2. The first-order valence-electron chi connectivity index (χ1n) is 8.39. The number of piperidine rings is 1. The number of tetrazole rings is 1. The van der Waals surface area contributed by atoms with E-state index in [2.05, 4.69) is 22.4 Å². The zero-order valence-corrected chi connectivity index (χ0v) is 14.9. The second-order valence-electron chi connectivity index (χ2n) is 6.37. The van der Waals surface area contributed by atoms with Crippen LogP contribution in [0.3, 0.4) is 0 Å². The van der Waals surface area contributed by atoms with Gasteiger partial charge in [-0.2, -0.15) is 0 Å². The molecule has 128 valence electrons. The van der Waals surface area contributed by atoms with E-state index in [4.69, 9.17) is 0 Å². The minimum Gasteiger partial charge on any atom is -0.342 e. The normalized spacial score (nSPS) is 17.0. The highest BCUT2D eigenvalue weighted by molar-refractivity contribution is 8.00. The van der Waals surface area contributed by atoms with Gasteiger partial charge in [-0.3, -0.25) is 4.79 Å². The quantitative estimate of drug-likeness (QED) is 0.779. The Hall–Kier alpha value is -1.89. The molecule has 1 amide bonds. The number of thioether (sulfide) groups is 1. The molecule has 1 saturated heterocycles. The molecule has 7 heteroatoms. The second-order valence-corrected chi connectivity index (χ2v) is 7.68. The molecule has 0 radical (unpaired) electrons. The van der Waals surface area contributed by atoms with Gasteiger partial charge in [0.2, 0.25) is 11.1 Å². The second kappa shape index (κ2) is 7.79. The lowest BCUT2D eigenvalue weighted by Crippen LogP contribution is -2.41. The number of hydrogen-bond donors (Lipinski definition) is 0. The first-order chi connectivity index (χ1) is 11.6. The van der Waals surface area contributed by atoms with Crippen molar-refractivity contribution in [1.82, 2.24) is 25.1 Å². The lowest BCUT2D eigenvalue weighted by molar-refractivity contribution is -0.131. The molecular weight excluding hydrogens is 322 g/mol. The molecule has 0 spiro atoms. The fraction of sp³-hybridized carbons (Fsp3) is 0.529. The number of benzene rings is 1. The van der Waals surface area contributed by atoms with E-state index in [9.17, 15) is 4.79 Å². The number of rotatable bonds is 5. The molecule has 24 heavy (non-hydrogen) atoms. The molecule has 0 saturated carbocycles. The Balaban J connectivity index is 1.61. The molecular formula is C17H23N5OS. The van der Waals surface area contributed by atoms with Gasteiger partial charge in [0, 0.05) is 13.1 Å². The number of amides is 1. The largest absolute Gasteiger partial charge is 0.342 e. The van der Waals surface area contributed by atoms with E-state index in [1.54, 1.807) is 4.68 Å². The minimum atomic E-state index is -0.182. The maximum atomic E-state index is 12.6. The van der Waals surface area contributed by atoms with E-state index >= 15 is 0 Å². The first-order valence-corrected chi connectivity index (χ1v) is 9.27. The Kier molecular flexibility index (Phi) is 5.50. The SMILES string of the molecule is CC1CCN(C(=O)[C@H](C)Sc2nnnn2Cc2ccccc2)CC1. The van der Waals surface area contributed by atoms with Crippen molar-refractivity contribution in [3.8, 4) is 0 Å². The third-order valence-corrected chi connectivity index (χ3v) is 5.46. The molecule has 1 fully saturated rings. The summed E-state index contributed by atoms with van der Waals surface area (Å²) in [6.07, 6.45) is 2.18. The predicted molar refractivity (Wildman–Crippen MR) is 93.7 cm³/mol. The molecule has 3 rings (SSSR count). The predicted octanol–water partition coefficient (Wildman–Crippen LogP) is 2.46. The average molecular weight is 345 g/mol. The molecule has 0 N–H and O–H groups in total. The number of aromatic nitrogens is 4. The molecule has 1 aliphatic heterocycles. The molecule has 0 unspecified atom stereocenters. The van der Waals surface area contributed by atoms with Gasteiger partial charge in [0.05, 0.1) is 11.8 Å². The summed E-state index contributed by atoms with van der Waals surface area (Å²) in [5.41, 5.74) is 1.13. The summed E-state index contributed by atoms with van der Waals surface area (Å²) in [5.74, 6) is 0.899. The van der Waals surface area contributed by atoms with Crippen LogP contribution in [0.1, 0.15) is 32.3 Å². The third kappa shape index (κ3) is 4.14. The van der Waals surface area contributed by atoms with Crippen LogP contribution in [0, 0.1) is 5.92 Å². The first kappa shape index (κ1) is 17.0. The lowest BCUT2D eigenvalue weighted by Gasteiger charge is -2.31. The number of nitrogens with zero attached hydrogens (tertiary/aromatic N) is 5. The zero-order chi connectivity index (χ0) is 16.9. The van der Waals surface area contributed by atoms with Gasteiger partial charge in [-0.05, 0) is 41.7 Å². The van der Waals surface area contributed by atoms with Crippen molar-refractivity contribution in [3.05, 3.63) is 35.9 Å². The van der Waals surface area contributed by atoms with Gasteiger partial charge in [-0.15, -0.1) is 5.10 Å². The van der Waals surface area contributed by atoms with Crippen molar-refractivity contribution < 1.29 is 4.79 Å². The van der Waals surface area contributed by atoms with Crippen LogP contribution in [0.15, 0.2) is 35.5 Å². The number of likely N-dealkylation sites (tertiary alicyclic amines) is 1. The van der Waals surface area contributed by atoms with Gasteiger partial charge in [0.25, 0.3) is 0 Å². The van der Waals surface area contributed by atoms with Crippen molar-refractivity contribution in [3.63, 3.8) is 0 Å². The molecule has 0 aliphatic carbocycles. The molecule has 1 atom stereocenters. The van der Waals surface area contributed by atoms with E-state index in [0.29, 0.717) is 11.7 Å². The van der Waals surface area contributed by atoms with Crippen LogP contribution in [0.2, 0.25) is 0 Å². The van der Waals surface area contributed by atoms with Crippen LogP contribution in [0.4, 0.5) is 0 Å². The van der Waals surface area contributed by atoms with E-state index in [1.165, 1.54) is 11.8 Å². The molecule has 1 aliphatic rings. The van der Waals surface area contributed by atoms with Gasteiger partial charge in [-0.1, -0.05) is 49.0 Å². The zero-order valence-electron chi connectivity index (χ0n) is 14.1. The fourth-order valence-electron chi connectivity index (χ4n) is 2.83. The van der Waals surface area contributed by atoms with Crippen molar-refractivity contribution in [1.29, 1.82) is 0 Å². The van der Waals surface area contributed by atoms with Crippen molar-refractivity contribution in [2.75, 3.05) is 13.1 Å². The summed E-state index contributed by atoms with van der Waals surface area (Å²) in [4.78, 5) is 14.6. The Bertz CT molecular complexity index is 667. The Morgan fingerprint density at radius 1 is 1.29 bits per heavy atom. The van der Waals surface area contributed by atoms with Crippen LogP contribution in [0.25, 0.3) is 0 Å². The topological polar surface area (TPSA) is 63.9 Å². The van der Waals surface area contributed by atoms with Crippen molar-refractivity contribution in [2.45, 2.75) is 43.6 Å². The van der Waals surface area contributed by atoms with Crippen molar-refractivity contribution in [2.24, 2.45) is 5.92 Å². The monoisotopic (exact) mass is 345 g/mol.